The molecule has 8 heteroatoms. The van der Waals surface area contributed by atoms with Crippen molar-refractivity contribution in [2.24, 2.45) is 5.16 Å². The minimum atomic E-state index is -0.682. The molecule has 44 heavy (non-hydrogen) atoms. The average molecular weight is 592 g/mol. The summed E-state index contributed by atoms with van der Waals surface area (Å²) in [6, 6.07) is 31.6. The number of oxime groups is 1. The van der Waals surface area contributed by atoms with E-state index < -0.39 is 6.01 Å². The summed E-state index contributed by atoms with van der Waals surface area (Å²) in [5, 5.41) is 6.53. The molecule has 1 aliphatic rings. The van der Waals surface area contributed by atoms with Gasteiger partial charge in [-0.1, -0.05) is 103 Å². The van der Waals surface area contributed by atoms with E-state index in [1.807, 2.05) is 78.9 Å². The fourth-order valence-electron chi connectivity index (χ4n) is 5.36. The number of hydrogen-bond acceptors (Lipinski definition) is 6. The van der Waals surface area contributed by atoms with Gasteiger partial charge in [0, 0.05) is 30.3 Å². The van der Waals surface area contributed by atoms with E-state index in [1.165, 1.54) is 13.2 Å². The number of carbonyl (C=O) groups is 1. The maximum Gasteiger partial charge on any atom is 0.278 e. The summed E-state index contributed by atoms with van der Waals surface area (Å²) in [4.78, 5) is 23.4. The van der Waals surface area contributed by atoms with Gasteiger partial charge in [-0.3, -0.25) is 15.1 Å². The molecule has 5 rings (SSSR count). The molecule has 0 fully saturated rings. The number of amides is 1. The predicted octanol–water partition coefficient (Wildman–Crippen LogP) is 7.09. The molecule has 0 aliphatic heterocycles. The smallest absolute Gasteiger partial charge is 0.278 e. The second-order valence-corrected chi connectivity index (χ2v) is 10.3. The molecule has 1 aliphatic carbocycles. The lowest BCUT2D eigenvalue weighted by Gasteiger charge is -2.25. The number of nitrogens with one attached hydrogen (secondary N) is 2. The Morgan fingerprint density at radius 2 is 1.73 bits per heavy atom. The van der Waals surface area contributed by atoms with E-state index in [0.29, 0.717) is 11.3 Å². The molecule has 0 saturated carbocycles. The molecule has 2 N–H and O–H groups in total. The van der Waals surface area contributed by atoms with Crippen molar-refractivity contribution in [1.82, 2.24) is 10.8 Å². The van der Waals surface area contributed by atoms with E-state index in [1.54, 1.807) is 19.2 Å². The minimum absolute atomic E-state index is 0.00769. The number of rotatable bonds is 12. The van der Waals surface area contributed by atoms with Gasteiger partial charge in [-0.05, 0) is 51.9 Å². The molecule has 4 aromatic carbocycles. The molecule has 1 amide bonds. The zero-order valence-corrected chi connectivity index (χ0v) is 24.8. The van der Waals surface area contributed by atoms with Gasteiger partial charge in [0.1, 0.15) is 19.5 Å². The van der Waals surface area contributed by atoms with Crippen LogP contribution in [-0.4, -0.2) is 25.8 Å². The Labute approximate surface area is 256 Å². The topological polar surface area (TPSA) is 81.2 Å². The Morgan fingerprint density at radius 3 is 2.52 bits per heavy atom. The van der Waals surface area contributed by atoms with Crippen LogP contribution in [0.2, 0.25) is 0 Å². The van der Waals surface area contributed by atoms with Crippen LogP contribution in [0, 0.1) is 0 Å². The third-order valence-electron chi connectivity index (χ3n) is 7.47. The molecule has 0 heterocycles. The molecular weight excluding hydrogens is 557 g/mol. The molecule has 0 radical (unpaired) electrons. The Bertz CT molecular complexity index is 1700. The Balaban J connectivity index is 1.34. The lowest BCUT2D eigenvalue weighted by Crippen LogP contribution is -2.29. The Morgan fingerprint density at radius 1 is 0.977 bits per heavy atom. The third kappa shape index (κ3) is 7.04. The summed E-state index contributed by atoms with van der Waals surface area (Å²) in [5.41, 5.74) is 9.54. The minimum Gasteiger partial charge on any atom is -0.432 e. The van der Waals surface area contributed by atoms with Crippen molar-refractivity contribution in [3.8, 4) is 5.75 Å². The van der Waals surface area contributed by atoms with Crippen LogP contribution in [-0.2, 0) is 21.1 Å². The van der Waals surface area contributed by atoms with Gasteiger partial charge in [0.05, 0.1) is 0 Å². The maximum atomic E-state index is 14.7. The van der Waals surface area contributed by atoms with Gasteiger partial charge in [0.15, 0.2) is 5.71 Å². The van der Waals surface area contributed by atoms with Gasteiger partial charge >= 0.3 is 0 Å². The van der Waals surface area contributed by atoms with E-state index in [4.69, 9.17) is 14.4 Å². The molecule has 2 atom stereocenters. The standard InChI is InChI=1S/C36H34FN3O4/c1-24(26-16-11-17-29(21-26)44-33(37)20-25-12-5-4-6-13-25)34-30-18-9-7-14-27(30)22-32(34)39-43-23-28-15-8-10-19-31(28)35(40-42-3)36(41)38-2/h4-22,24,34,39H,23H2,1-3H3,(H,38,41)/b33-20-,40-35+. The van der Waals surface area contributed by atoms with Gasteiger partial charge in [-0.15, -0.1) is 0 Å². The van der Waals surface area contributed by atoms with Crippen LogP contribution in [0.25, 0.3) is 12.2 Å². The number of allylic oxidation sites excluding steroid dienone is 1. The molecule has 0 saturated heterocycles. The van der Waals surface area contributed by atoms with Crippen LogP contribution in [0.15, 0.2) is 120 Å². The third-order valence-corrected chi connectivity index (χ3v) is 7.47. The van der Waals surface area contributed by atoms with Crippen molar-refractivity contribution in [2.75, 3.05) is 14.2 Å². The van der Waals surface area contributed by atoms with Crippen LogP contribution in [0.5, 0.6) is 5.75 Å². The number of nitrogens with zero attached hydrogens (tertiary/aromatic N) is 1. The van der Waals surface area contributed by atoms with Crippen LogP contribution in [0.3, 0.4) is 0 Å². The van der Waals surface area contributed by atoms with Crippen molar-refractivity contribution in [3.63, 3.8) is 0 Å². The fraction of sp³-hybridized carbons (Fsp3) is 0.167. The number of hydrogen-bond donors (Lipinski definition) is 2. The number of ether oxygens (including phenoxy) is 1. The van der Waals surface area contributed by atoms with E-state index >= 15 is 0 Å². The molecule has 4 aromatic rings. The number of carbonyl (C=O) groups excluding carboxylic acids is 1. The highest BCUT2D eigenvalue weighted by Crippen LogP contribution is 2.44. The van der Waals surface area contributed by atoms with Gasteiger partial charge in [-0.25, -0.2) is 0 Å². The fourth-order valence-corrected chi connectivity index (χ4v) is 5.36. The molecule has 0 aromatic heterocycles. The number of fused-ring (bicyclic) bond motifs is 1. The molecule has 7 nitrogen and oxygen atoms in total. The summed E-state index contributed by atoms with van der Waals surface area (Å²) in [6.45, 7) is 2.30. The van der Waals surface area contributed by atoms with E-state index in [9.17, 15) is 9.18 Å². The molecular formula is C36H34FN3O4. The lowest BCUT2D eigenvalue weighted by molar-refractivity contribution is -0.114. The number of halogens is 1. The van der Waals surface area contributed by atoms with Crippen molar-refractivity contribution in [3.05, 3.63) is 148 Å². The van der Waals surface area contributed by atoms with Gasteiger partial charge in [-0.2, -0.15) is 4.39 Å². The monoisotopic (exact) mass is 591 g/mol. The van der Waals surface area contributed by atoms with Crippen molar-refractivity contribution < 1.29 is 23.6 Å². The SMILES string of the molecule is CNC(=O)/C(=N/OC)c1ccccc1CONC1=Cc2ccccc2C1C(C)c1cccc(O/C(F)=C\c2ccccc2)c1. The highest BCUT2D eigenvalue weighted by atomic mass is 19.1. The first kappa shape index (κ1) is 30.3. The average Bonchev–Trinajstić information content (AvgIpc) is 3.42. The van der Waals surface area contributed by atoms with Crippen LogP contribution in [0.4, 0.5) is 4.39 Å². The molecule has 2 unspecified atom stereocenters. The Kier molecular flexibility index (Phi) is 9.84. The first-order valence-electron chi connectivity index (χ1n) is 14.3. The quantitative estimate of drug-likeness (QED) is 0.104. The number of likely N-dealkylation sites (N-methyl/N-ethyl adjacent to an activating group) is 1. The first-order chi connectivity index (χ1) is 21.5. The zero-order chi connectivity index (χ0) is 30.9. The summed E-state index contributed by atoms with van der Waals surface area (Å²) >= 11 is 0. The highest BCUT2D eigenvalue weighted by Gasteiger charge is 2.31. The predicted molar refractivity (Wildman–Crippen MR) is 170 cm³/mol. The second kappa shape index (κ2) is 14.3. The van der Waals surface area contributed by atoms with E-state index in [-0.39, 0.29) is 30.1 Å². The normalized spacial score (nSPS) is 15.2. The first-order valence-corrected chi connectivity index (χ1v) is 14.3. The highest BCUT2D eigenvalue weighted by molar-refractivity contribution is 6.45. The zero-order valence-electron chi connectivity index (χ0n) is 24.8. The molecule has 224 valence electrons. The molecule has 0 bridgehead atoms. The van der Waals surface area contributed by atoms with E-state index in [2.05, 4.69) is 41.1 Å². The lowest BCUT2D eigenvalue weighted by atomic mass is 9.82. The maximum absolute atomic E-state index is 14.7. The summed E-state index contributed by atoms with van der Waals surface area (Å²) < 4.78 is 20.2. The van der Waals surface area contributed by atoms with Crippen LogP contribution < -0.4 is 15.5 Å². The second-order valence-electron chi connectivity index (χ2n) is 10.3. The van der Waals surface area contributed by atoms with E-state index in [0.717, 1.165) is 33.5 Å². The largest absolute Gasteiger partial charge is 0.432 e. The van der Waals surface area contributed by atoms with Gasteiger partial charge in [0.25, 0.3) is 11.9 Å². The van der Waals surface area contributed by atoms with Gasteiger partial charge < -0.3 is 14.9 Å². The van der Waals surface area contributed by atoms with Gasteiger partial charge in [0.2, 0.25) is 0 Å². The number of benzene rings is 4. The van der Waals surface area contributed by atoms with Crippen molar-refractivity contribution in [2.45, 2.75) is 25.4 Å². The van der Waals surface area contributed by atoms with Crippen LogP contribution in [0.1, 0.15) is 52.1 Å². The van der Waals surface area contributed by atoms with Crippen molar-refractivity contribution >= 4 is 23.8 Å². The van der Waals surface area contributed by atoms with Crippen LogP contribution >= 0.6 is 0 Å². The Hall–Kier alpha value is -5.21. The van der Waals surface area contributed by atoms with Crippen molar-refractivity contribution in [1.29, 1.82) is 0 Å². The molecule has 0 spiro atoms. The summed E-state index contributed by atoms with van der Waals surface area (Å²) in [6.07, 6.45) is 3.44. The summed E-state index contributed by atoms with van der Waals surface area (Å²) in [5.74, 6) is -0.0115. The summed E-state index contributed by atoms with van der Waals surface area (Å²) in [7, 11) is 2.94. The number of hydroxylamine groups is 1.